The number of hydrogen-bond acceptors (Lipinski definition) is 6. The molecule has 0 spiro atoms. The maximum atomic E-state index is 11.0. The van der Waals surface area contributed by atoms with Crippen LogP contribution in [0.3, 0.4) is 0 Å². The van der Waals surface area contributed by atoms with Crippen molar-refractivity contribution in [2.75, 3.05) is 26.1 Å². The Morgan fingerprint density at radius 1 is 1.56 bits per heavy atom. The summed E-state index contributed by atoms with van der Waals surface area (Å²) in [5.74, 6) is -0.205. The number of anilines is 1. The standard InChI is InChI=1S/C12H20N2O3S/c1-4-9(7-16-2)13-12-14-10(8-18-12)5-6-11(15)17-3/h8-9H,4-7H2,1-3H3,(H,13,14). The van der Waals surface area contributed by atoms with Crippen molar-refractivity contribution in [1.82, 2.24) is 4.98 Å². The molecule has 1 N–H and O–H groups in total. The lowest BCUT2D eigenvalue weighted by Gasteiger charge is -2.14. The number of carbonyl (C=O) groups is 1. The SMILES string of the molecule is CCC(COC)Nc1nc(CCC(=O)OC)cs1. The molecule has 1 heterocycles. The molecule has 6 heteroatoms. The highest BCUT2D eigenvalue weighted by molar-refractivity contribution is 7.13. The number of thiazole rings is 1. The summed E-state index contributed by atoms with van der Waals surface area (Å²) >= 11 is 1.55. The fraction of sp³-hybridized carbons (Fsp3) is 0.667. The molecule has 1 atom stereocenters. The van der Waals surface area contributed by atoms with Crippen molar-refractivity contribution >= 4 is 22.4 Å². The fourth-order valence-electron chi connectivity index (χ4n) is 1.46. The third-order valence-corrected chi connectivity index (χ3v) is 3.38. The molecule has 0 radical (unpaired) electrons. The third-order valence-electron chi connectivity index (χ3n) is 2.55. The van der Waals surface area contributed by atoms with Gasteiger partial charge in [-0.1, -0.05) is 6.92 Å². The number of carbonyl (C=O) groups excluding carboxylic acids is 1. The molecule has 0 bridgehead atoms. The Bertz CT molecular complexity index is 368. The van der Waals surface area contributed by atoms with Crippen LogP contribution in [0, 0.1) is 0 Å². The second kappa shape index (κ2) is 8.05. The van der Waals surface area contributed by atoms with E-state index in [4.69, 9.17) is 4.74 Å². The molecule has 0 aliphatic rings. The van der Waals surface area contributed by atoms with Crippen LogP contribution in [0.15, 0.2) is 5.38 Å². The molecule has 5 nitrogen and oxygen atoms in total. The van der Waals surface area contributed by atoms with E-state index in [0.717, 1.165) is 17.2 Å². The van der Waals surface area contributed by atoms with Gasteiger partial charge in [0.15, 0.2) is 5.13 Å². The first-order valence-electron chi connectivity index (χ1n) is 5.96. The van der Waals surface area contributed by atoms with Crippen LogP contribution < -0.4 is 5.32 Å². The van der Waals surface area contributed by atoms with Gasteiger partial charge in [-0.2, -0.15) is 0 Å². The molecule has 18 heavy (non-hydrogen) atoms. The Kier molecular flexibility index (Phi) is 6.67. The molecule has 0 saturated carbocycles. The van der Waals surface area contributed by atoms with Crippen LogP contribution >= 0.6 is 11.3 Å². The molecule has 0 amide bonds. The minimum Gasteiger partial charge on any atom is -0.469 e. The number of aromatic nitrogens is 1. The first kappa shape index (κ1) is 14.9. The van der Waals surface area contributed by atoms with Crippen LogP contribution in [0.2, 0.25) is 0 Å². The van der Waals surface area contributed by atoms with Gasteiger partial charge in [-0.15, -0.1) is 11.3 Å². The molecule has 1 rings (SSSR count). The van der Waals surface area contributed by atoms with Crippen LogP contribution in [0.1, 0.15) is 25.5 Å². The normalized spacial score (nSPS) is 12.2. The summed E-state index contributed by atoms with van der Waals surface area (Å²) in [4.78, 5) is 15.5. The summed E-state index contributed by atoms with van der Waals surface area (Å²) in [5.41, 5.74) is 0.917. The molecule has 0 fully saturated rings. The van der Waals surface area contributed by atoms with E-state index in [1.807, 2.05) is 5.38 Å². The minimum atomic E-state index is -0.205. The topological polar surface area (TPSA) is 60.5 Å². The van der Waals surface area contributed by atoms with E-state index in [-0.39, 0.29) is 12.0 Å². The highest BCUT2D eigenvalue weighted by Gasteiger charge is 2.09. The zero-order valence-electron chi connectivity index (χ0n) is 11.1. The number of nitrogens with one attached hydrogen (secondary N) is 1. The second-order valence-electron chi connectivity index (χ2n) is 3.92. The van der Waals surface area contributed by atoms with E-state index < -0.39 is 0 Å². The van der Waals surface area contributed by atoms with Crippen molar-refractivity contribution in [1.29, 1.82) is 0 Å². The molecular weight excluding hydrogens is 252 g/mol. The van der Waals surface area contributed by atoms with Crippen molar-refractivity contribution in [3.05, 3.63) is 11.1 Å². The van der Waals surface area contributed by atoms with Crippen molar-refractivity contribution in [2.45, 2.75) is 32.2 Å². The van der Waals surface area contributed by atoms with Gasteiger partial charge in [0.2, 0.25) is 0 Å². The van der Waals surface area contributed by atoms with Gasteiger partial charge in [0.1, 0.15) is 0 Å². The zero-order valence-corrected chi connectivity index (χ0v) is 11.9. The van der Waals surface area contributed by atoms with E-state index in [2.05, 4.69) is 22.0 Å². The Morgan fingerprint density at radius 2 is 2.33 bits per heavy atom. The summed E-state index contributed by atoms with van der Waals surface area (Å²) in [6.07, 6.45) is 1.96. The van der Waals surface area contributed by atoms with Gasteiger partial charge in [-0.25, -0.2) is 4.98 Å². The number of rotatable bonds is 8. The van der Waals surface area contributed by atoms with Crippen molar-refractivity contribution < 1.29 is 14.3 Å². The lowest BCUT2D eigenvalue weighted by atomic mass is 10.2. The van der Waals surface area contributed by atoms with Crippen molar-refractivity contribution in [3.8, 4) is 0 Å². The third kappa shape index (κ3) is 5.01. The molecule has 0 saturated heterocycles. The summed E-state index contributed by atoms with van der Waals surface area (Å²) in [7, 11) is 3.08. The van der Waals surface area contributed by atoms with Gasteiger partial charge in [0.25, 0.3) is 0 Å². The maximum Gasteiger partial charge on any atom is 0.305 e. The van der Waals surface area contributed by atoms with E-state index in [0.29, 0.717) is 19.4 Å². The van der Waals surface area contributed by atoms with Gasteiger partial charge in [-0.05, 0) is 6.42 Å². The lowest BCUT2D eigenvalue weighted by molar-refractivity contribution is -0.140. The molecule has 1 aromatic heterocycles. The highest BCUT2D eigenvalue weighted by atomic mass is 32.1. The number of hydrogen-bond donors (Lipinski definition) is 1. The predicted molar refractivity (Wildman–Crippen MR) is 72.0 cm³/mol. The maximum absolute atomic E-state index is 11.0. The number of methoxy groups -OCH3 is 2. The molecule has 0 aliphatic heterocycles. The number of aryl methyl sites for hydroxylation is 1. The predicted octanol–water partition coefficient (Wildman–Crippen LogP) is 2.09. The Hall–Kier alpha value is -1.14. The first-order valence-corrected chi connectivity index (χ1v) is 6.84. The van der Waals surface area contributed by atoms with Crippen LogP contribution in [-0.4, -0.2) is 37.8 Å². The van der Waals surface area contributed by atoms with Crippen molar-refractivity contribution in [2.24, 2.45) is 0 Å². The van der Waals surface area contributed by atoms with Crippen LogP contribution in [0.4, 0.5) is 5.13 Å². The summed E-state index contributed by atoms with van der Waals surface area (Å²) in [6, 6.07) is 0.273. The monoisotopic (exact) mass is 272 g/mol. The summed E-state index contributed by atoms with van der Waals surface area (Å²) in [5, 5.41) is 6.15. The van der Waals surface area contributed by atoms with Gasteiger partial charge < -0.3 is 14.8 Å². The quantitative estimate of drug-likeness (QED) is 0.734. The van der Waals surface area contributed by atoms with Crippen LogP contribution in [0.5, 0.6) is 0 Å². The largest absolute Gasteiger partial charge is 0.469 e. The van der Waals surface area contributed by atoms with E-state index in [9.17, 15) is 4.79 Å². The first-order chi connectivity index (χ1) is 8.69. The van der Waals surface area contributed by atoms with Crippen LogP contribution in [0.25, 0.3) is 0 Å². The van der Waals surface area contributed by atoms with Crippen LogP contribution in [-0.2, 0) is 20.7 Å². The number of esters is 1. The molecule has 0 aliphatic carbocycles. The second-order valence-corrected chi connectivity index (χ2v) is 4.78. The number of nitrogens with zero attached hydrogens (tertiary/aromatic N) is 1. The smallest absolute Gasteiger partial charge is 0.305 e. The van der Waals surface area contributed by atoms with Gasteiger partial charge in [-0.3, -0.25) is 4.79 Å². The van der Waals surface area contributed by atoms with Gasteiger partial charge in [0, 0.05) is 18.9 Å². The average Bonchev–Trinajstić information content (AvgIpc) is 2.83. The Morgan fingerprint density at radius 3 is 2.94 bits per heavy atom. The zero-order chi connectivity index (χ0) is 13.4. The van der Waals surface area contributed by atoms with E-state index in [1.165, 1.54) is 7.11 Å². The molecule has 0 aromatic carbocycles. The Labute approximate surface area is 112 Å². The van der Waals surface area contributed by atoms with Gasteiger partial charge in [0.05, 0.1) is 31.9 Å². The molecular formula is C12H20N2O3S. The van der Waals surface area contributed by atoms with E-state index >= 15 is 0 Å². The average molecular weight is 272 g/mol. The summed E-state index contributed by atoms with van der Waals surface area (Å²) in [6.45, 7) is 2.76. The van der Waals surface area contributed by atoms with Crippen molar-refractivity contribution in [3.63, 3.8) is 0 Å². The fourth-order valence-corrected chi connectivity index (χ4v) is 2.28. The minimum absolute atomic E-state index is 0.205. The molecule has 1 unspecified atom stereocenters. The summed E-state index contributed by atoms with van der Waals surface area (Å²) < 4.78 is 9.72. The van der Waals surface area contributed by atoms with E-state index in [1.54, 1.807) is 18.4 Å². The Balaban J connectivity index is 2.44. The highest BCUT2D eigenvalue weighted by Crippen LogP contribution is 2.18. The number of ether oxygens (including phenoxy) is 2. The van der Waals surface area contributed by atoms with Gasteiger partial charge >= 0.3 is 5.97 Å². The molecule has 102 valence electrons. The molecule has 1 aromatic rings. The lowest BCUT2D eigenvalue weighted by Crippen LogP contribution is -2.23.